The maximum Gasteiger partial charge on any atom is 0.350 e. The summed E-state index contributed by atoms with van der Waals surface area (Å²) >= 11 is 5.88. The molecule has 5 rings (SSSR count). The van der Waals surface area contributed by atoms with E-state index in [0.29, 0.717) is 28.6 Å². The maximum absolute atomic E-state index is 12.8. The number of carbonyl (C=O) groups is 1. The third kappa shape index (κ3) is 4.26. The van der Waals surface area contributed by atoms with Gasteiger partial charge in [0, 0.05) is 23.3 Å². The van der Waals surface area contributed by atoms with Crippen LogP contribution in [0, 0.1) is 0 Å². The average Bonchev–Trinajstić information content (AvgIpc) is 3.45. The third-order valence-corrected chi connectivity index (χ3v) is 5.25. The molecule has 9 nitrogen and oxygen atoms in total. The van der Waals surface area contributed by atoms with E-state index in [1.54, 1.807) is 30.5 Å². The number of fused-ring (bicyclic) bond motifs is 1. The zero-order valence-electron chi connectivity index (χ0n) is 17.2. The van der Waals surface area contributed by atoms with Crippen molar-refractivity contribution < 1.29 is 9.32 Å². The number of amides is 1. The van der Waals surface area contributed by atoms with Gasteiger partial charge in [-0.15, -0.1) is 5.10 Å². The van der Waals surface area contributed by atoms with Gasteiger partial charge in [0.25, 0.3) is 5.89 Å². The average molecular weight is 461 g/mol. The number of nitrogens with one attached hydrogen (secondary N) is 1. The summed E-state index contributed by atoms with van der Waals surface area (Å²) in [5, 5.41) is 11.8. The first kappa shape index (κ1) is 20.7. The van der Waals surface area contributed by atoms with Crippen LogP contribution in [-0.2, 0) is 17.9 Å². The van der Waals surface area contributed by atoms with Gasteiger partial charge in [-0.2, -0.15) is 4.98 Å². The second-order valence-electron chi connectivity index (χ2n) is 7.25. The molecule has 0 radical (unpaired) electrons. The summed E-state index contributed by atoms with van der Waals surface area (Å²) in [4.78, 5) is 29.6. The standard InChI is InChI=1S/C23H17ClN6O3/c24-17-10-8-15(9-11-17)13-25-19(31)14-30-23(32)29-12-4-7-18(21(29)27-30)22-26-20(28-33-22)16-5-2-1-3-6-16/h1-12H,13-14H2,(H,25,31). The minimum Gasteiger partial charge on any atom is -0.350 e. The van der Waals surface area contributed by atoms with E-state index in [4.69, 9.17) is 16.1 Å². The van der Waals surface area contributed by atoms with Crippen molar-refractivity contribution in [3.63, 3.8) is 0 Å². The van der Waals surface area contributed by atoms with E-state index in [-0.39, 0.29) is 18.3 Å². The molecule has 5 aromatic rings. The highest BCUT2D eigenvalue weighted by atomic mass is 35.5. The molecule has 0 saturated carbocycles. The summed E-state index contributed by atoms with van der Waals surface area (Å²) in [6.45, 7) is 0.0836. The van der Waals surface area contributed by atoms with Gasteiger partial charge in [0.05, 0.1) is 5.56 Å². The number of rotatable bonds is 6. The SMILES string of the molecule is O=C(Cn1nc2c(-c3nc(-c4ccccc4)no3)cccn2c1=O)NCc1ccc(Cl)cc1. The van der Waals surface area contributed by atoms with E-state index in [1.807, 2.05) is 42.5 Å². The molecule has 0 spiro atoms. The Labute approximate surface area is 192 Å². The van der Waals surface area contributed by atoms with E-state index in [2.05, 4.69) is 20.6 Å². The van der Waals surface area contributed by atoms with E-state index >= 15 is 0 Å². The Morgan fingerprint density at radius 1 is 1.03 bits per heavy atom. The molecule has 33 heavy (non-hydrogen) atoms. The van der Waals surface area contributed by atoms with Gasteiger partial charge in [-0.05, 0) is 29.8 Å². The molecule has 2 aromatic carbocycles. The second kappa shape index (κ2) is 8.71. The first-order valence-corrected chi connectivity index (χ1v) is 10.4. The van der Waals surface area contributed by atoms with Gasteiger partial charge in [-0.25, -0.2) is 13.9 Å². The highest BCUT2D eigenvalue weighted by Crippen LogP contribution is 2.24. The van der Waals surface area contributed by atoms with Gasteiger partial charge in [0.1, 0.15) is 6.54 Å². The second-order valence-corrected chi connectivity index (χ2v) is 7.68. The molecule has 1 N–H and O–H groups in total. The lowest BCUT2D eigenvalue weighted by molar-refractivity contribution is -0.122. The molecule has 0 saturated heterocycles. The summed E-state index contributed by atoms with van der Waals surface area (Å²) in [5.74, 6) is 0.306. The van der Waals surface area contributed by atoms with E-state index in [1.165, 1.54) is 4.40 Å². The molecule has 0 aliphatic rings. The molecule has 1 amide bonds. The van der Waals surface area contributed by atoms with Crippen LogP contribution in [-0.4, -0.2) is 30.2 Å². The van der Waals surface area contributed by atoms with Crippen LogP contribution >= 0.6 is 11.6 Å². The number of hydrogen-bond donors (Lipinski definition) is 1. The normalized spacial score (nSPS) is 11.1. The summed E-state index contributed by atoms with van der Waals surface area (Å²) in [6, 6.07) is 20.0. The summed E-state index contributed by atoms with van der Waals surface area (Å²) in [6.07, 6.45) is 1.57. The van der Waals surface area contributed by atoms with Crippen molar-refractivity contribution in [3.8, 4) is 22.8 Å². The Hall–Kier alpha value is -4.24. The van der Waals surface area contributed by atoms with Crippen molar-refractivity contribution in [1.29, 1.82) is 0 Å². The zero-order valence-corrected chi connectivity index (χ0v) is 17.9. The van der Waals surface area contributed by atoms with Gasteiger partial charge in [-0.3, -0.25) is 4.79 Å². The van der Waals surface area contributed by atoms with Crippen LogP contribution in [0.15, 0.2) is 82.2 Å². The van der Waals surface area contributed by atoms with Gasteiger partial charge in [0.15, 0.2) is 5.65 Å². The van der Waals surface area contributed by atoms with Crippen molar-refractivity contribution in [2.75, 3.05) is 0 Å². The smallest absolute Gasteiger partial charge is 0.350 e. The van der Waals surface area contributed by atoms with Crippen LogP contribution in [0.5, 0.6) is 0 Å². The molecule has 0 unspecified atom stereocenters. The van der Waals surface area contributed by atoms with Crippen molar-refractivity contribution >= 4 is 23.2 Å². The molecule has 0 aliphatic heterocycles. The fourth-order valence-electron chi connectivity index (χ4n) is 3.34. The van der Waals surface area contributed by atoms with Crippen molar-refractivity contribution in [2.45, 2.75) is 13.1 Å². The number of hydrogen-bond acceptors (Lipinski definition) is 6. The van der Waals surface area contributed by atoms with Crippen LogP contribution in [0.2, 0.25) is 5.02 Å². The molecule has 0 atom stereocenters. The maximum atomic E-state index is 12.8. The van der Waals surface area contributed by atoms with Gasteiger partial charge >= 0.3 is 5.69 Å². The van der Waals surface area contributed by atoms with Crippen molar-refractivity contribution in [1.82, 2.24) is 29.6 Å². The van der Waals surface area contributed by atoms with Crippen LogP contribution in [0.4, 0.5) is 0 Å². The van der Waals surface area contributed by atoms with E-state index in [9.17, 15) is 9.59 Å². The number of halogens is 1. The first-order chi connectivity index (χ1) is 16.1. The van der Waals surface area contributed by atoms with Crippen LogP contribution in [0.25, 0.3) is 28.5 Å². The molecular weight excluding hydrogens is 444 g/mol. The molecule has 3 aromatic heterocycles. The highest BCUT2D eigenvalue weighted by molar-refractivity contribution is 6.30. The largest absolute Gasteiger partial charge is 0.350 e. The Bertz CT molecular complexity index is 1490. The van der Waals surface area contributed by atoms with Gasteiger partial charge in [0.2, 0.25) is 11.7 Å². The predicted octanol–water partition coefficient (Wildman–Crippen LogP) is 3.18. The summed E-state index contributed by atoms with van der Waals surface area (Å²) in [7, 11) is 0. The van der Waals surface area contributed by atoms with E-state index < -0.39 is 5.69 Å². The minimum absolute atomic E-state index is 0.226. The molecule has 0 aliphatic carbocycles. The number of benzene rings is 2. The first-order valence-electron chi connectivity index (χ1n) is 10.1. The lowest BCUT2D eigenvalue weighted by atomic mass is 10.2. The lowest BCUT2D eigenvalue weighted by Gasteiger charge is -2.05. The van der Waals surface area contributed by atoms with Crippen molar-refractivity contribution in [3.05, 3.63) is 94.0 Å². The number of nitrogens with zero attached hydrogens (tertiary/aromatic N) is 5. The molecule has 3 heterocycles. The lowest BCUT2D eigenvalue weighted by Crippen LogP contribution is -2.32. The number of aromatic nitrogens is 5. The molecular formula is C23H17ClN6O3. The van der Waals surface area contributed by atoms with Crippen molar-refractivity contribution in [2.24, 2.45) is 0 Å². The quantitative estimate of drug-likeness (QED) is 0.417. The minimum atomic E-state index is -0.448. The topological polar surface area (TPSA) is 107 Å². The molecule has 0 fully saturated rings. The number of carbonyl (C=O) groups excluding carboxylic acids is 1. The fraction of sp³-hybridized carbons (Fsp3) is 0.0870. The number of pyridine rings is 1. The fourth-order valence-corrected chi connectivity index (χ4v) is 3.47. The third-order valence-electron chi connectivity index (χ3n) is 4.99. The monoisotopic (exact) mass is 460 g/mol. The molecule has 10 heteroatoms. The van der Waals surface area contributed by atoms with Crippen LogP contribution in [0.1, 0.15) is 5.56 Å². The molecule has 164 valence electrons. The van der Waals surface area contributed by atoms with Crippen LogP contribution < -0.4 is 11.0 Å². The zero-order chi connectivity index (χ0) is 22.8. The highest BCUT2D eigenvalue weighted by Gasteiger charge is 2.18. The Morgan fingerprint density at radius 2 is 1.82 bits per heavy atom. The summed E-state index contributed by atoms with van der Waals surface area (Å²) in [5.41, 5.74) is 2.06. The predicted molar refractivity (Wildman–Crippen MR) is 121 cm³/mol. The Kier molecular flexibility index (Phi) is 5.45. The van der Waals surface area contributed by atoms with Gasteiger partial charge in [-0.1, -0.05) is 59.2 Å². The van der Waals surface area contributed by atoms with Crippen LogP contribution in [0.3, 0.4) is 0 Å². The van der Waals surface area contributed by atoms with Gasteiger partial charge < -0.3 is 9.84 Å². The molecule has 0 bridgehead atoms. The Balaban J connectivity index is 1.39. The van der Waals surface area contributed by atoms with E-state index in [0.717, 1.165) is 15.8 Å². The summed E-state index contributed by atoms with van der Waals surface area (Å²) < 4.78 is 7.87. The Morgan fingerprint density at radius 3 is 2.61 bits per heavy atom.